The lowest BCUT2D eigenvalue weighted by Gasteiger charge is -2.57. The van der Waals surface area contributed by atoms with Gasteiger partial charge in [0.25, 0.3) is 0 Å². The second kappa shape index (κ2) is 9.10. The van der Waals surface area contributed by atoms with Crippen molar-refractivity contribution in [1.29, 1.82) is 0 Å². The number of methoxy groups -OCH3 is 1. The average molecular weight is 474 g/mol. The lowest BCUT2D eigenvalue weighted by molar-refractivity contribution is -0.125. The van der Waals surface area contributed by atoms with E-state index in [-0.39, 0.29) is 0 Å². The zero-order valence-corrected chi connectivity index (χ0v) is 21.9. The molecular formula is C29H44ClNO2. The number of aromatic nitrogens is 1. The van der Waals surface area contributed by atoms with Crippen LogP contribution >= 0.6 is 11.6 Å². The number of aryl methyl sites for hydroxylation is 1. The van der Waals surface area contributed by atoms with E-state index in [2.05, 4.69) is 20.8 Å². The number of aliphatic hydroxyl groups is 1. The summed E-state index contributed by atoms with van der Waals surface area (Å²) in [4.78, 5) is 4.79. The van der Waals surface area contributed by atoms with Crippen molar-refractivity contribution < 1.29 is 9.84 Å². The van der Waals surface area contributed by atoms with E-state index in [9.17, 15) is 5.11 Å². The van der Waals surface area contributed by atoms with Gasteiger partial charge in [-0.15, -0.1) is 0 Å². The lowest BCUT2D eigenvalue weighted by atomic mass is 9.48. The van der Waals surface area contributed by atoms with E-state index in [0.717, 1.165) is 65.3 Å². The molecule has 1 aromatic heterocycles. The minimum atomic E-state index is -0.578. The summed E-state index contributed by atoms with van der Waals surface area (Å²) in [7, 11) is 1.73. The van der Waals surface area contributed by atoms with Crippen LogP contribution in [-0.4, -0.2) is 29.4 Å². The van der Waals surface area contributed by atoms with E-state index in [1.54, 1.807) is 7.11 Å². The number of hydrogen-bond donors (Lipinski definition) is 1. The van der Waals surface area contributed by atoms with E-state index >= 15 is 0 Å². The fourth-order valence-electron chi connectivity index (χ4n) is 9.52. The Morgan fingerprint density at radius 2 is 1.88 bits per heavy atom. The highest BCUT2D eigenvalue weighted by atomic mass is 35.5. The van der Waals surface area contributed by atoms with Crippen molar-refractivity contribution in [2.75, 3.05) is 13.7 Å². The zero-order chi connectivity index (χ0) is 23.4. The smallest absolute Gasteiger partial charge is 0.0882 e. The van der Waals surface area contributed by atoms with Crippen LogP contribution in [0.15, 0.2) is 12.1 Å². The molecule has 4 saturated carbocycles. The normalized spacial score (nSPS) is 43.5. The number of ether oxygens (including phenoxy) is 1. The van der Waals surface area contributed by atoms with Gasteiger partial charge < -0.3 is 9.84 Å². The van der Waals surface area contributed by atoms with Crippen LogP contribution in [0, 0.1) is 53.8 Å². The maximum Gasteiger partial charge on any atom is 0.0882 e. The molecule has 1 aromatic rings. The van der Waals surface area contributed by atoms with Crippen LogP contribution in [-0.2, 0) is 11.2 Å². The molecule has 4 aliphatic rings. The highest BCUT2D eigenvalue weighted by molar-refractivity contribution is 6.31. The summed E-state index contributed by atoms with van der Waals surface area (Å²) < 4.78 is 5.37. The van der Waals surface area contributed by atoms with Gasteiger partial charge in [-0.3, -0.25) is 4.98 Å². The van der Waals surface area contributed by atoms with E-state index in [0.29, 0.717) is 23.9 Å². The van der Waals surface area contributed by atoms with Crippen molar-refractivity contribution in [2.24, 2.45) is 46.8 Å². The van der Waals surface area contributed by atoms with E-state index in [1.807, 2.05) is 12.1 Å². The van der Waals surface area contributed by atoms with Gasteiger partial charge in [-0.25, -0.2) is 0 Å². The van der Waals surface area contributed by atoms with Gasteiger partial charge in [0.2, 0.25) is 0 Å². The minimum absolute atomic E-state index is 0.467. The summed E-state index contributed by atoms with van der Waals surface area (Å²) in [5.41, 5.74) is 2.05. The fraction of sp³-hybridized carbons (Fsp3) is 0.828. The summed E-state index contributed by atoms with van der Waals surface area (Å²) in [6, 6.07) is 4.04. The van der Waals surface area contributed by atoms with Gasteiger partial charge in [0.15, 0.2) is 0 Å². The number of halogens is 1. The number of fused-ring (bicyclic) bond motifs is 5. The summed E-state index contributed by atoms with van der Waals surface area (Å²) in [5, 5.41) is 11.8. The molecule has 5 rings (SSSR count). The van der Waals surface area contributed by atoms with Crippen molar-refractivity contribution in [3.05, 3.63) is 28.5 Å². The molecule has 0 bridgehead atoms. The average Bonchev–Trinajstić information content (AvgIpc) is 3.13. The van der Waals surface area contributed by atoms with Crippen LogP contribution in [0.25, 0.3) is 0 Å². The number of pyridine rings is 1. The van der Waals surface area contributed by atoms with Crippen LogP contribution < -0.4 is 0 Å². The third-order valence-electron chi connectivity index (χ3n) is 10.9. The molecule has 0 aliphatic heterocycles. The Labute approximate surface area is 206 Å². The Morgan fingerprint density at radius 3 is 2.67 bits per heavy atom. The van der Waals surface area contributed by atoms with Crippen molar-refractivity contribution >= 4 is 11.6 Å². The quantitative estimate of drug-likeness (QED) is 0.507. The maximum absolute atomic E-state index is 11.0. The van der Waals surface area contributed by atoms with Crippen molar-refractivity contribution in [1.82, 2.24) is 4.98 Å². The Hall–Kier alpha value is -0.640. The third-order valence-corrected chi connectivity index (χ3v) is 11.2. The summed E-state index contributed by atoms with van der Waals surface area (Å²) in [6.07, 6.45) is 12.3. The van der Waals surface area contributed by atoms with Gasteiger partial charge in [0.1, 0.15) is 0 Å². The van der Waals surface area contributed by atoms with E-state index in [1.165, 1.54) is 44.9 Å². The molecule has 0 saturated heterocycles. The second-order valence-electron chi connectivity index (χ2n) is 12.6. The predicted octanol–water partition coefficient (Wildman–Crippen LogP) is 6.87. The van der Waals surface area contributed by atoms with Gasteiger partial charge in [-0.05, 0) is 130 Å². The molecule has 0 spiro atoms. The van der Waals surface area contributed by atoms with Gasteiger partial charge >= 0.3 is 0 Å². The molecule has 4 fully saturated rings. The molecule has 1 N–H and O–H groups in total. The highest BCUT2D eigenvalue weighted by Crippen LogP contribution is 2.65. The van der Waals surface area contributed by atoms with Crippen LogP contribution in [0.2, 0.25) is 5.02 Å². The first-order valence-corrected chi connectivity index (χ1v) is 14.0. The van der Waals surface area contributed by atoms with E-state index in [4.69, 9.17) is 21.3 Å². The topological polar surface area (TPSA) is 42.4 Å². The lowest BCUT2D eigenvalue weighted by Crippen LogP contribution is -2.52. The summed E-state index contributed by atoms with van der Waals surface area (Å²) in [5.74, 6) is 5.60. The summed E-state index contributed by atoms with van der Waals surface area (Å²) in [6.45, 7) is 7.66. The SMILES string of the molecule is COC[C@@]1(O)CC[C@H]2[C@H](CC[C@@H]3[C@@H]2CC[C@]2(C)C([C@@H](C)Cc4nc(C)ccc4Cl)CC[C@@H]32)C1. The molecule has 9 atom stereocenters. The molecular weight excluding hydrogens is 430 g/mol. The minimum Gasteiger partial charge on any atom is -0.387 e. The van der Waals surface area contributed by atoms with E-state index < -0.39 is 5.60 Å². The second-order valence-corrected chi connectivity index (χ2v) is 13.0. The first kappa shape index (κ1) is 24.1. The highest BCUT2D eigenvalue weighted by Gasteiger charge is 2.58. The van der Waals surface area contributed by atoms with Gasteiger partial charge in [-0.2, -0.15) is 0 Å². The number of nitrogens with zero attached hydrogens (tertiary/aromatic N) is 1. The maximum atomic E-state index is 11.0. The zero-order valence-electron chi connectivity index (χ0n) is 21.2. The van der Waals surface area contributed by atoms with Crippen molar-refractivity contribution in [3.8, 4) is 0 Å². The van der Waals surface area contributed by atoms with Crippen LogP contribution in [0.5, 0.6) is 0 Å². The van der Waals surface area contributed by atoms with Crippen LogP contribution in [0.1, 0.15) is 83.0 Å². The number of hydrogen-bond acceptors (Lipinski definition) is 3. The van der Waals surface area contributed by atoms with Gasteiger partial charge in [-0.1, -0.05) is 25.4 Å². The van der Waals surface area contributed by atoms with Crippen molar-refractivity contribution in [3.63, 3.8) is 0 Å². The predicted molar refractivity (Wildman–Crippen MR) is 134 cm³/mol. The standard InChI is InChI=1S/C29H44ClNO2/c1-18(15-27-26(30)10-5-19(2)31-27)24-8-9-25-23-7-6-20-16-29(32,17-33-4)14-12-21(20)22(23)11-13-28(24,25)3/h5,10,18,20-25,32H,6-9,11-17H2,1-4H3/t18-,20+,21-,22+,23+,24?,25-,28+,29+/m0/s1. The van der Waals surface area contributed by atoms with Gasteiger partial charge in [0.05, 0.1) is 22.9 Å². The first-order valence-electron chi connectivity index (χ1n) is 13.6. The molecule has 184 valence electrons. The molecule has 3 nitrogen and oxygen atoms in total. The Bertz CT molecular complexity index is 860. The largest absolute Gasteiger partial charge is 0.387 e. The molecule has 4 heteroatoms. The molecule has 1 unspecified atom stereocenters. The fourth-order valence-corrected chi connectivity index (χ4v) is 9.70. The van der Waals surface area contributed by atoms with Crippen molar-refractivity contribution in [2.45, 2.75) is 90.6 Å². The number of rotatable bonds is 5. The van der Waals surface area contributed by atoms with Gasteiger partial charge in [0, 0.05) is 12.8 Å². The Kier molecular flexibility index (Phi) is 6.64. The molecule has 4 aliphatic carbocycles. The molecule has 1 heterocycles. The monoisotopic (exact) mass is 473 g/mol. The van der Waals surface area contributed by atoms with Crippen LogP contribution in [0.3, 0.4) is 0 Å². The third kappa shape index (κ3) is 4.29. The Morgan fingerprint density at radius 1 is 1.09 bits per heavy atom. The first-order chi connectivity index (χ1) is 15.7. The molecule has 0 radical (unpaired) electrons. The van der Waals surface area contributed by atoms with Crippen LogP contribution in [0.4, 0.5) is 0 Å². The molecule has 0 amide bonds. The Balaban J connectivity index is 1.29. The molecule has 33 heavy (non-hydrogen) atoms. The summed E-state index contributed by atoms with van der Waals surface area (Å²) >= 11 is 6.53. The molecule has 0 aromatic carbocycles.